The highest BCUT2D eigenvalue weighted by atomic mass is 32.2. The number of aryl methyl sites for hydroxylation is 1. The van der Waals surface area contributed by atoms with Crippen LogP contribution in [0.1, 0.15) is 15.2 Å². The zero-order valence-corrected chi connectivity index (χ0v) is 14.4. The van der Waals surface area contributed by atoms with Gasteiger partial charge in [-0.25, -0.2) is 4.98 Å². The second kappa shape index (κ2) is 6.89. The molecule has 0 aromatic carbocycles. The van der Waals surface area contributed by atoms with Crippen molar-refractivity contribution in [3.05, 3.63) is 47.0 Å². The summed E-state index contributed by atoms with van der Waals surface area (Å²) in [6, 6.07) is 8.18. The molecule has 0 bridgehead atoms. The second-order valence-electron chi connectivity index (χ2n) is 4.94. The average molecular weight is 384 g/mol. The molecule has 0 aliphatic heterocycles. The fourth-order valence-electron chi connectivity index (χ4n) is 2.03. The lowest BCUT2D eigenvalue weighted by Crippen LogP contribution is -2.15. The molecule has 10 heteroatoms. The van der Waals surface area contributed by atoms with Crippen LogP contribution in [0.25, 0.3) is 10.6 Å². The minimum atomic E-state index is -4.53. The molecule has 0 fully saturated rings. The number of hydrogen-bond donors (Lipinski definition) is 2. The average Bonchev–Trinajstić information content (AvgIpc) is 3.15. The zero-order valence-electron chi connectivity index (χ0n) is 12.7. The Balaban J connectivity index is 1.78. The van der Waals surface area contributed by atoms with Gasteiger partial charge in [-0.2, -0.15) is 18.3 Å². The number of thioether (sulfide) groups is 1. The third kappa shape index (κ3) is 4.40. The van der Waals surface area contributed by atoms with Gasteiger partial charge in [0.2, 0.25) is 0 Å². The molecule has 0 unspecified atom stereocenters. The molecule has 0 spiro atoms. The third-order valence-electron chi connectivity index (χ3n) is 3.05. The van der Waals surface area contributed by atoms with Crippen molar-refractivity contribution in [2.24, 2.45) is 0 Å². The van der Waals surface area contributed by atoms with Gasteiger partial charge >= 0.3 is 5.51 Å². The van der Waals surface area contributed by atoms with Crippen LogP contribution in [0.15, 0.2) is 41.6 Å². The first-order valence-corrected chi connectivity index (χ1v) is 8.59. The van der Waals surface area contributed by atoms with Crippen molar-refractivity contribution in [1.82, 2.24) is 15.2 Å². The van der Waals surface area contributed by atoms with Crippen LogP contribution in [-0.4, -0.2) is 26.6 Å². The van der Waals surface area contributed by atoms with Gasteiger partial charge in [-0.1, -0.05) is 0 Å². The number of aromatic nitrogens is 3. The Labute approximate surface area is 148 Å². The van der Waals surface area contributed by atoms with Crippen LogP contribution in [0.3, 0.4) is 0 Å². The maximum atomic E-state index is 12.6. The number of rotatable bonds is 4. The van der Waals surface area contributed by atoms with Crippen molar-refractivity contribution in [2.75, 3.05) is 5.32 Å². The summed E-state index contributed by atoms with van der Waals surface area (Å²) in [5.74, 6) is -0.488. The molecular formula is C15H11F3N4OS2. The Morgan fingerprint density at radius 2 is 2.12 bits per heavy atom. The molecule has 0 saturated heterocycles. The fraction of sp³-hybridized carbons (Fsp3) is 0.133. The van der Waals surface area contributed by atoms with E-state index in [1.54, 1.807) is 17.4 Å². The predicted molar refractivity (Wildman–Crippen MR) is 90.7 cm³/mol. The molecule has 3 aromatic heterocycles. The van der Waals surface area contributed by atoms with E-state index in [9.17, 15) is 18.0 Å². The summed E-state index contributed by atoms with van der Waals surface area (Å²) < 4.78 is 37.7. The minimum Gasteiger partial charge on any atom is -0.305 e. The molecule has 3 aromatic rings. The van der Waals surface area contributed by atoms with E-state index in [-0.39, 0.29) is 11.4 Å². The van der Waals surface area contributed by atoms with Crippen LogP contribution in [0.2, 0.25) is 0 Å². The van der Waals surface area contributed by atoms with E-state index in [1.165, 1.54) is 18.3 Å². The molecule has 0 saturated carbocycles. The van der Waals surface area contributed by atoms with Gasteiger partial charge in [0.05, 0.1) is 16.1 Å². The standard InChI is InChI=1S/C15H11F3N4OS2/c1-8-4-5-11(24-8)10-7-12(22-21-10)20-13(23)9-3-2-6-19-14(9)25-15(16,17)18/h2-7H,1H3,(H2,20,21,22,23). The van der Waals surface area contributed by atoms with Crippen LogP contribution in [0, 0.1) is 6.92 Å². The maximum Gasteiger partial charge on any atom is 0.447 e. The van der Waals surface area contributed by atoms with E-state index in [0.717, 1.165) is 9.75 Å². The largest absolute Gasteiger partial charge is 0.447 e. The highest BCUT2D eigenvalue weighted by Crippen LogP contribution is 2.37. The normalized spacial score (nSPS) is 11.5. The first kappa shape index (κ1) is 17.5. The first-order chi connectivity index (χ1) is 11.8. The summed E-state index contributed by atoms with van der Waals surface area (Å²) in [7, 11) is 0. The Morgan fingerprint density at radius 1 is 1.32 bits per heavy atom. The quantitative estimate of drug-likeness (QED) is 0.640. The number of halogens is 3. The number of nitrogens with zero attached hydrogens (tertiary/aromatic N) is 2. The van der Waals surface area contributed by atoms with Gasteiger partial charge in [-0.3, -0.25) is 9.89 Å². The summed E-state index contributed by atoms with van der Waals surface area (Å²) in [6.07, 6.45) is 1.20. The molecule has 0 radical (unpaired) electrons. The molecule has 1 amide bonds. The van der Waals surface area contributed by atoms with E-state index in [0.29, 0.717) is 5.69 Å². The monoisotopic (exact) mass is 384 g/mol. The highest BCUT2D eigenvalue weighted by molar-refractivity contribution is 8.00. The maximum absolute atomic E-state index is 12.6. The van der Waals surface area contributed by atoms with Crippen LogP contribution in [0.4, 0.5) is 19.0 Å². The number of carbonyl (C=O) groups excluding carboxylic acids is 1. The Hall–Kier alpha value is -2.33. The summed E-state index contributed by atoms with van der Waals surface area (Å²) in [5.41, 5.74) is -3.98. The van der Waals surface area contributed by atoms with Gasteiger partial charge in [-0.15, -0.1) is 11.3 Å². The van der Waals surface area contributed by atoms with Crippen LogP contribution < -0.4 is 5.32 Å². The molecule has 0 aliphatic rings. The molecule has 0 aliphatic carbocycles. The van der Waals surface area contributed by atoms with Crippen molar-refractivity contribution in [3.8, 4) is 10.6 Å². The lowest BCUT2D eigenvalue weighted by molar-refractivity contribution is -0.0329. The van der Waals surface area contributed by atoms with Gasteiger partial charge in [-0.05, 0) is 31.2 Å². The van der Waals surface area contributed by atoms with Gasteiger partial charge in [0.25, 0.3) is 5.91 Å². The van der Waals surface area contributed by atoms with Crippen LogP contribution >= 0.6 is 23.1 Å². The molecule has 2 N–H and O–H groups in total. The lowest BCUT2D eigenvalue weighted by Gasteiger charge is -2.09. The smallest absolute Gasteiger partial charge is 0.305 e. The van der Waals surface area contributed by atoms with Crippen LogP contribution in [-0.2, 0) is 0 Å². The third-order valence-corrected chi connectivity index (χ3v) is 4.84. The number of nitrogens with one attached hydrogen (secondary N) is 2. The zero-order chi connectivity index (χ0) is 18.0. The molecule has 25 heavy (non-hydrogen) atoms. The van der Waals surface area contributed by atoms with E-state index in [4.69, 9.17) is 0 Å². The van der Waals surface area contributed by atoms with Crippen molar-refractivity contribution in [3.63, 3.8) is 0 Å². The molecule has 3 rings (SSSR count). The minimum absolute atomic E-state index is 0.165. The number of anilines is 1. The topological polar surface area (TPSA) is 70.7 Å². The molecule has 130 valence electrons. The lowest BCUT2D eigenvalue weighted by atomic mass is 10.2. The van der Waals surface area contributed by atoms with Crippen molar-refractivity contribution < 1.29 is 18.0 Å². The SMILES string of the molecule is Cc1ccc(-c2cc(NC(=O)c3cccnc3SC(F)(F)F)n[nH]2)s1. The number of carbonyl (C=O) groups is 1. The van der Waals surface area contributed by atoms with E-state index >= 15 is 0 Å². The van der Waals surface area contributed by atoms with Gasteiger partial charge in [0.1, 0.15) is 5.03 Å². The second-order valence-corrected chi connectivity index (χ2v) is 7.28. The summed E-state index contributed by atoms with van der Waals surface area (Å²) in [5, 5.41) is 8.84. The molecule has 3 heterocycles. The first-order valence-electron chi connectivity index (χ1n) is 6.96. The molecule has 5 nitrogen and oxygen atoms in total. The van der Waals surface area contributed by atoms with Crippen molar-refractivity contribution >= 4 is 34.8 Å². The van der Waals surface area contributed by atoms with Gasteiger partial charge in [0, 0.05) is 28.9 Å². The number of hydrogen-bond acceptors (Lipinski definition) is 5. The summed E-state index contributed by atoms with van der Waals surface area (Å²) >= 11 is 1.13. The summed E-state index contributed by atoms with van der Waals surface area (Å²) in [4.78, 5) is 18.0. The Morgan fingerprint density at radius 3 is 2.80 bits per heavy atom. The van der Waals surface area contributed by atoms with E-state index in [1.807, 2.05) is 19.1 Å². The summed E-state index contributed by atoms with van der Waals surface area (Å²) in [6.45, 7) is 1.97. The fourth-order valence-corrected chi connectivity index (χ4v) is 3.47. The number of thiophene rings is 1. The molecular weight excluding hydrogens is 373 g/mol. The van der Waals surface area contributed by atoms with E-state index in [2.05, 4.69) is 20.5 Å². The Bertz CT molecular complexity index is 904. The highest BCUT2D eigenvalue weighted by Gasteiger charge is 2.32. The van der Waals surface area contributed by atoms with Gasteiger partial charge < -0.3 is 5.32 Å². The van der Waals surface area contributed by atoms with Crippen molar-refractivity contribution in [2.45, 2.75) is 17.5 Å². The number of pyridine rings is 1. The number of amides is 1. The van der Waals surface area contributed by atoms with Crippen LogP contribution in [0.5, 0.6) is 0 Å². The molecule has 0 atom stereocenters. The van der Waals surface area contributed by atoms with E-state index < -0.39 is 28.2 Å². The number of alkyl halides is 3. The number of aromatic amines is 1. The number of H-pyrrole nitrogens is 1. The predicted octanol–water partition coefficient (Wildman–Crippen LogP) is 4.71. The Kier molecular flexibility index (Phi) is 4.82. The van der Waals surface area contributed by atoms with Gasteiger partial charge in [0.15, 0.2) is 5.82 Å². The van der Waals surface area contributed by atoms with Crippen molar-refractivity contribution in [1.29, 1.82) is 0 Å².